The van der Waals surface area contributed by atoms with E-state index in [0.29, 0.717) is 13.0 Å². The number of carbonyl (C=O) groups excluding carboxylic acids is 1. The molecule has 0 aromatic carbocycles. The summed E-state index contributed by atoms with van der Waals surface area (Å²) in [6, 6.07) is 0. The lowest BCUT2D eigenvalue weighted by Crippen LogP contribution is -2.64. The van der Waals surface area contributed by atoms with Crippen LogP contribution in [-0.2, 0) is 27.9 Å². The number of ether oxygens (including phenoxy) is 2. The molecule has 0 aliphatic heterocycles. The fourth-order valence-electron chi connectivity index (χ4n) is 7.49. The summed E-state index contributed by atoms with van der Waals surface area (Å²) >= 11 is 0. The largest absolute Gasteiger partial charge is 0.472 e. The van der Waals surface area contributed by atoms with Crippen LogP contribution < -0.4 is 0 Å². The predicted molar refractivity (Wildman–Crippen MR) is 267 cm³/mol. The number of unbranched alkanes of at least 4 members (excludes halogenated alkanes) is 19. The molecule has 1 aliphatic carbocycles. The van der Waals surface area contributed by atoms with Gasteiger partial charge in [0.15, 0.2) is 0 Å². The van der Waals surface area contributed by atoms with Gasteiger partial charge in [0.2, 0.25) is 0 Å². The lowest BCUT2D eigenvalue weighted by Gasteiger charge is -2.41. The molecular weight excluding hydrogens is 860 g/mol. The Kier molecular flexibility index (Phi) is 40.1. The van der Waals surface area contributed by atoms with Crippen molar-refractivity contribution in [2.45, 2.75) is 236 Å². The van der Waals surface area contributed by atoms with Crippen LogP contribution in [0.1, 0.15) is 194 Å². The Bertz CT molecular complexity index is 1360. The fourth-order valence-corrected chi connectivity index (χ4v) is 8.47. The number of phosphoric ester groups is 1. The van der Waals surface area contributed by atoms with Gasteiger partial charge in [-0.15, -0.1) is 0 Å². The summed E-state index contributed by atoms with van der Waals surface area (Å²) in [6.07, 6.45) is 43.9. The van der Waals surface area contributed by atoms with Crippen LogP contribution >= 0.6 is 7.82 Å². The lowest BCUT2D eigenvalue weighted by atomic mass is 9.85. The SMILES string of the molecule is CC/C=C\C/C=C\C/C=C\C/C=C\CCCCCCCCCCCCCOCC(COP(=O)(O)OC1C(O)C(O)C(O)C(O)C1O)OC(=O)CCCCCCC/C=C\C/C=C\CCCCC. The van der Waals surface area contributed by atoms with E-state index in [1.807, 2.05) is 0 Å². The van der Waals surface area contributed by atoms with Crippen LogP contribution in [0.3, 0.4) is 0 Å². The monoisotopic (exact) mass is 953 g/mol. The highest BCUT2D eigenvalue weighted by molar-refractivity contribution is 7.47. The maximum absolute atomic E-state index is 12.8. The molecule has 6 atom stereocenters. The van der Waals surface area contributed by atoms with Gasteiger partial charge in [-0.1, -0.05) is 177 Å². The number of phosphoric acid groups is 1. The number of hydrogen-bond donors (Lipinski definition) is 6. The molecule has 13 heteroatoms. The standard InChI is InChI=1S/C53H93O12P/c1-3-5-7-9-11-13-15-17-19-20-21-22-23-24-25-26-27-29-31-33-35-37-39-41-43-62-44-46(45-63-66(60,61)65-53-51(58)49(56)48(55)50(57)52(53)59)64-47(54)42-40-38-36-34-32-30-28-18-16-14-12-10-8-6-4-2/h5,7,11-14,17-19,21-22,28,46,48-53,55-59H,3-4,6,8-10,15-16,20,23-27,29-45H2,1-2H3,(H,60,61)/b7-5-,13-11-,14-12-,19-17-,22-21-,28-18-. The van der Waals surface area contributed by atoms with Crippen molar-refractivity contribution in [1.82, 2.24) is 0 Å². The van der Waals surface area contributed by atoms with E-state index in [1.165, 1.54) is 64.2 Å². The zero-order chi connectivity index (χ0) is 48.4. The summed E-state index contributed by atoms with van der Waals surface area (Å²) < 4.78 is 34.3. The molecule has 6 N–H and O–H groups in total. The minimum Gasteiger partial charge on any atom is -0.457 e. The van der Waals surface area contributed by atoms with Gasteiger partial charge in [-0.3, -0.25) is 13.8 Å². The zero-order valence-corrected chi connectivity index (χ0v) is 41.9. The molecule has 382 valence electrons. The molecule has 0 amide bonds. The molecule has 0 aromatic heterocycles. The van der Waals surface area contributed by atoms with E-state index in [0.717, 1.165) is 103 Å². The van der Waals surface area contributed by atoms with E-state index in [9.17, 15) is 39.8 Å². The summed E-state index contributed by atoms with van der Waals surface area (Å²) in [5.41, 5.74) is 0. The Morgan fingerprint density at radius 3 is 1.36 bits per heavy atom. The number of aliphatic hydroxyl groups excluding tert-OH is 5. The van der Waals surface area contributed by atoms with E-state index in [2.05, 4.69) is 86.8 Å². The highest BCUT2D eigenvalue weighted by Gasteiger charge is 2.51. The number of rotatable bonds is 43. The molecule has 1 fully saturated rings. The molecule has 0 heterocycles. The zero-order valence-electron chi connectivity index (χ0n) is 41.0. The van der Waals surface area contributed by atoms with Crippen LogP contribution in [0.5, 0.6) is 0 Å². The normalized spacial score (nSPS) is 22.0. The van der Waals surface area contributed by atoms with E-state index in [4.69, 9.17) is 18.5 Å². The van der Waals surface area contributed by atoms with Crippen LogP contribution in [-0.4, -0.2) is 98.9 Å². The first-order valence-electron chi connectivity index (χ1n) is 25.8. The highest BCUT2D eigenvalue weighted by Crippen LogP contribution is 2.47. The molecule has 1 rings (SSSR count). The Morgan fingerprint density at radius 2 is 0.894 bits per heavy atom. The second kappa shape index (κ2) is 42.8. The number of esters is 1. The third-order valence-corrected chi connectivity index (χ3v) is 12.5. The Balaban J connectivity index is 2.32. The van der Waals surface area contributed by atoms with Crippen LogP contribution in [0.15, 0.2) is 72.9 Å². The van der Waals surface area contributed by atoms with Gasteiger partial charge >= 0.3 is 13.8 Å². The van der Waals surface area contributed by atoms with Crippen LogP contribution in [0.25, 0.3) is 0 Å². The molecule has 0 saturated heterocycles. The van der Waals surface area contributed by atoms with Crippen molar-refractivity contribution in [1.29, 1.82) is 0 Å². The quantitative estimate of drug-likeness (QED) is 0.0147. The van der Waals surface area contributed by atoms with E-state index < -0.39 is 63.1 Å². The second-order valence-corrected chi connectivity index (χ2v) is 19.0. The molecule has 1 saturated carbocycles. The van der Waals surface area contributed by atoms with Gasteiger partial charge in [-0.25, -0.2) is 4.57 Å². The Morgan fingerprint density at radius 1 is 0.500 bits per heavy atom. The van der Waals surface area contributed by atoms with E-state index in [-0.39, 0.29) is 13.0 Å². The molecule has 0 bridgehead atoms. The average Bonchev–Trinajstić information content (AvgIpc) is 3.30. The highest BCUT2D eigenvalue weighted by atomic mass is 31.2. The van der Waals surface area contributed by atoms with Crippen molar-refractivity contribution < 1.29 is 58.3 Å². The Hall–Kier alpha value is -2.22. The molecule has 1 aliphatic rings. The predicted octanol–water partition coefficient (Wildman–Crippen LogP) is 11.5. The van der Waals surface area contributed by atoms with Crippen molar-refractivity contribution in [3.05, 3.63) is 72.9 Å². The van der Waals surface area contributed by atoms with Gasteiger partial charge in [-0.2, -0.15) is 0 Å². The maximum atomic E-state index is 12.8. The van der Waals surface area contributed by atoms with Gasteiger partial charge in [0.25, 0.3) is 0 Å². The van der Waals surface area contributed by atoms with Gasteiger partial charge in [0.05, 0.1) is 13.2 Å². The maximum Gasteiger partial charge on any atom is 0.472 e. The molecule has 0 spiro atoms. The van der Waals surface area contributed by atoms with Crippen LogP contribution in [0, 0.1) is 0 Å². The topological polar surface area (TPSA) is 192 Å². The first-order chi connectivity index (χ1) is 32.0. The first-order valence-corrected chi connectivity index (χ1v) is 27.3. The Labute approximate surface area is 400 Å². The molecule has 66 heavy (non-hydrogen) atoms. The molecule has 6 unspecified atom stereocenters. The van der Waals surface area contributed by atoms with Crippen molar-refractivity contribution >= 4 is 13.8 Å². The van der Waals surface area contributed by atoms with Gasteiger partial charge < -0.3 is 39.9 Å². The second-order valence-electron chi connectivity index (χ2n) is 17.6. The molecule has 0 radical (unpaired) electrons. The smallest absolute Gasteiger partial charge is 0.457 e. The summed E-state index contributed by atoms with van der Waals surface area (Å²) in [5.74, 6) is -0.494. The average molecular weight is 953 g/mol. The van der Waals surface area contributed by atoms with Crippen molar-refractivity contribution in [2.75, 3.05) is 19.8 Å². The summed E-state index contributed by atoms with van der Waals surface area (Å²) in [6.45, 7) is 4.10. The number of allylic oxidation sites excluding steroid dienone is 12. The number of hydrogen-bond acceptors (Lipinski definition) is 11. The summed E-state index contributed by atoms with van der Waals surface area (Å²) in [4.78, 5) is 23.2. The third-order valence-electron chi connectivity index (χ3n) is 11.6. The third kappa shape index (κ3) is 34.1. The van der Waals surface area contributed by atoms with Crippen LogP contribution in [0.2, 0.25) is 0 Å². The summed E-state index contributed by atoms with van der Waals surface area (Å²) in [7, 11) is -5.03. The first kappa shape index (κ1) is 61.8. The minimum absolute atomic E-state index is 0.0877. The molecule has 12 nitrogen and oxygen atoms in total. The number of carbonyl (C=O) groups is 1. The number of aliphatic hydroxyl groups is 5. The fraction of sp³-hybridized carbons (Fsp3) is 0.755. The molecule has 0 aromatic rings. The minimum atomic E-state index is -5.03. The van der Waals surface area contributed by atoms with Crippen molar-refractivity contribution in [3.8, 4) is 0 Å². The van der Waals surface area contributed by atoms with Crippen molar-refractivity contribution in [2.24, 2.45) is 0 Å². The molecular formula is C53H93O12P. The van der Waals surface area contributed by atoms with E-state index >= 15 is 0 Å². The van der Waals surface area contributed by atoms with Gasteiger partial charge in [0.1, 0.15) is 42.7 Å². The van der Waals surface area contributed by atoms with Gasteiger partial charge in [-0.05, 0) is 83.5 Å². The lowest BCUT2D eigenvalue weighted by molar-refractivity contribution is -0.220. The van der Waals surface area contributed by atoms with Crippen molar-refractivity contribution in [3.63, 3.8) is 0 Å². The summed E-state index contributed by atoms with van der Waals surface area (Å²) in [5, 5.41) is 50.3. The van der Waals surface area contributed by atoms with E-state index in [1.54, 1.807) is 0 Å². The van der Waals surface area contributed by atoms with Gasteiger partial charge in [0, 0.05) is 13.0 Å². The van der Waals surface area contributed by atoms with Crippen LogP contribution in [0.4, 0.5) is 0 Å².